The van der Waals surface area contributed by atoms with Gasteiger partial charge in [0.25, 0.3) is 0 Å². The van der Waals surface area contributed by atoms with Crippen molar-refractivity contribution in [1.82, 2.24) is 19.1 Å². The van der Waals surface area contributed by atoms with Crippen molar-refractivity contribution < 1.29 is 4.42 Å². The minimum absolute atomic E-state index is 0.581. The van der Waals surface area contributed by atoms with Gasteiger partial charge in [-0.2, -0.15) is 4.98 Å². The van der Waals surface area contributed by atoms with Crippen molar-refractivity contribution in [1.29, 1.82) is 0 Å². The maximum atomic E-state index is 6.36. The van der Waals surface area contributed by atoms with E-state index in [0.29, 0.717) is 11.5 Å². The van der Waals surface area contributed by atoms with Crippen molar-refractivity contribution in [2.75, 3.05) is 0 Å². The molecule has 0 saturated heterocycles. The van der Waals surface area contributed by atoms with Gasteiger partial charge in [0.2, 0.25) is 5.71 Å². The molecule has 7 aromatic carbocycles. The van der Waals surface area contributed by atoms with Gasteiger partial charge in [0.15, 0.2) is 5.82 Å². The van der Waals surface area contributed by atoms with Crippen LogP contribution in [-0.4, -0.2) is 19.1 Å². The molecule has 11 rings (SSSR count). The highest BCUT2D eigenvalue weighted by atomic mass is 16.3. The molecule has 51 heavy (non-hydrogen) atoms. The second kappa shape index (κ2) is 10.8. The third-order valence-electron chi connectivity index (χ3n) is 10.1. The Bertz CT molecular complexity index is 3130. The number of fused-ring (bicyclic) bond motifs is 10. The fraction of sp³-hybridized carbons (Fsp3) is 0. The second-order valence-corrected chi connectivity index (χ2v) is 13.0. The maximum Gasteiger partial charge on any atom is 0.231 e. The number of furan rings is 1. The molecule has 238 valence electrons. The Morgan fingerprint density at radius 3 is 1.88 bits per heavy atom. The van der Waals surface area contributed by atoms with Gasteiger partial charge in [-0.25, -0.2) is 4.98 Å². The van der Waals surface area contributed by atoms with Gasteiger partial charge in [-0.05, 0) is 48.5 Å². The molecule has 0 radical (unpaired) electrons. The minimum atomic E-state index is 0.581. The van der Waals surface area contributed by atoms with E-state index in [1.807, 2.05) is 36.4 Å². The first-order valence-corrected chi connectivity index (χ1v) is 17.2. The van der Waals surface area contributed by atoms with Crippen LogP contribution in [0.1, 0.15) is 0 Å². The molecule has 5 nitrogen and oxygen atoms in total. The average molecular weight is 653 g/mol. The Kier molecular flexibility index (Phi) is 5.89. The van der Waals surface area contributed by atoms with Crippen molar-refractivity contribution in [3.8, 4) is 34.0 Å². The number of hydrogen-bond acceptors (Lipinski definition) is 3. The van der Waals surface area contributed by atoms with E-state index in [2.05, 4.69) is 143 Å². The van der Waals surface area contributed by atoms with Crippen LogP contribution in [0, 0.1) is 0 Å². The van der Waals surface area contributed by atoms with Gasteiger partial charge in [-0.3, -0.25) is 0 Å². The number of para-hydroxylation sites is 4. The lowest BCUT2D eigenvalue weighted by Gasteiger charge is -2.12. The minimum Gasteiger partial charge on any atom is -0.438 e. The molecule has 0 atom stereocenters. The Balaban J connectivity index is 1.20. The summed E-state index contributed by atoms with van der Waals surface area (Å²) in [5.41, 5.74) is 11.0. The topological polar surface area (TPSA) is 48.8 Å². The summed E-state index contributed by atoms with van der Waals surface area (Å²) in [4.78, 5) is 10.3. The summed E-state index contributed by atoms with van der Waals surface area (Å²) in [6.07, 6.45) is 0. The first kappa shape index (κ1) is 27.9. The van der Waals surface area contributed by atoms with Crippen LogP contribution in [0.5, 0.6) is 0 Å². The van der Waals surface area contributed by atoms with E-state index in [0.717, 1.165) is 50.1 Å². The van der Waals surface area contributed by atoms with E-state index in [1.165, 1.54) is 38.1 Å². The molecule has 11 aromatic rings. The van der Waals surface area contributed by atoms with Gasteiger partial charge in [-0.1, -0.05) is 121 Å². The van der Waals surface area contributed by atoms with E-state index in [9.17, 15) is 0 Å². The molecule has 0 unspecified atom stereocenters. The molecule has 0 aliphatic rings. The van der Waals surface area contributed by atoms with Crippen LogP contribution < -0.4 is 0 Å². The Hall–Kier alpha value is -6.98. The standard InChI is InChI=1S/C46H28N4O/c1-3-14-29(15-4-1)43-42-36-22-9-12-25-40(36)51-46(42)48-45(47-43)30-16-13-19-32(28-30)50-37-23-10-7-20-33(37)34-26-27-39-41(44(34)50)35-21-8-11-24-38(35)49(39)31-17-5-2-6-18-31/h1-28H. The monoisotopic (exact) mass is 652 g/mol. The van der Waals surface area contributed by atoms with Crippen LogP contribution in [-0.2, 0) is 0 Å². The number of hydrogen-bond donors (Lipinski definition) is 0. The summed E-state index contributed by atoms with van der Waals surface area (Å²) < 4.78 is 11.2. The van der Waals surface area contributed by atoms with Gasteiger partial charge >= 0.3 is 0 Å². The highest BCUT2D eigenvalue weighted by Crippen LogP contribution is 2.42. The molecule has 5 heteroatoms. The van der Waals surface area contributed by atoms with Crippen molar-refractivity contribution >= 4 is 65.7 Å². The summed E-state index contributed by atoms with van der Waals surface area (Å²) in [5.74, 6) is 0.619. The molecular formula is C46H28N4O. The van der Waals surface area contributed by atoms with Crippen molar-refractivity contribution in [3.05, 3.63) is 170 Å². The molecule has 0 bridgehead atoms. The van der Waals surface area contributed by atoms with Gasteiger partial charge in [0.1, 0.15) is 5.58 Å². The lowest BCUT2D eigenvalue weighted by Crippen LogP contribution is -1.97. The quantitative estimate of drug-likeness (QED) is 0.190. The summed E-state index contributed by atoms with van der Waals surface area (Å²) in [7, 11) is 0. The molecule has 0 amide bonds. The highest BCUT2D eigenvalue weighted by molar-refractivity contribution is 6.26. The van der Waals surface area contributed by atoms with E-state index in [1.54, 1.807) is 0 Å². The predicted octanol–water partition coefficient (Wildman–Crippen LogP) is 11.9. The fourth-order valence-electron chi connectivity index (χ4n) is 7.97. The molecule has 0 N–H and O–H groups in total. The SMILES string of the molecule is c1ccc(-c2nc(-c3cccc(-n4c5ccccc5c5ccc6c(c7ccccc7n6-c6ccccc6)c54)c3)nc3oc4ccccc4c23)cc1. The molecule has 0 fully saturated rings. The van der Waals surface area contributed by atoms with Crippen molar-refractivity contribution in [2.24, 2.45) is 0 Å². The van der Waals surface area contributed by atoms with Gasteiger partial charge < -0.3 is 13.6 Å². The highest BCUT2D eigenvalue weighted by Gasteiger charge is 2.22. The fourth-order valence-corrected chi connectivity index (χ4v) is 7.97. The van der Waals surface area contributed by atoms with Gasteiger partial charge in [0, 0.05) is 49.4 Å². The molecule has 0 aliphatic carbocycles. The van der Waals surface area contributed by atoms with Gasteiger partial charge in [-0.15, -0.1) is 0 Å². The first-order valence-electron chi connectivity index (χ1n) is 17.2. The molecule has 4 heterocycles. The zero-order valence-electron chi connectivity index (χ0n) is 27.4. The Morgan fingerprint density at radius 2 is 1.06 bits per heavy atom. The van der Waals surface area contributed by atoms with Crippen molar-refractivity contribution in [2.45, 2.75) is 0 Å². The number of rotatable bonds is 4. The number of aromatic nitrogens is 4. The molecule has 0 spiro atoms. The van der Waals surface area contributed by atoms with Crippen LogP contribution in [0.25, 0.3) is 99.7 Å². The molecule has 0 saturated carbocycles. The van der Waals surface area contributed by atoms with E-state index < -0.39 is 0 Å². The van der Waals surface area contributed by atoms with Crippen LogP contribution in [0.4, 0.5) is 0 Å². The summed E-state index contributed by atoms with van der Waals surface area (Å²) >= 11 is 0. The zero-order valence-corrected chi connectivity index (χ0v) is 27.4. The average Bonchev–Trinajstić information content (AvgIpc) is 3.86. The van der Waals surface area contributed by atoms with Crippen molar-refractivity contribution in [3.63, 3.8) is 0 Å². The van der Waals surface area contributed by atoms with Gasteiger partial charge in [0.05, 0.1) is 33.1 Å². The van der Waals surface area contributed by atoms with E-state index in [4.69, 9.17) is 14.4 Å². The Labute approximate surface area is 292 Å². The molecule has 4 aromatic heterocycles. The third-order valence-corrected chi connectivity index (χ3v) is 10.1. The lowest BCUT2D eigenvalue weighted by atomic mass is 10.1. The first-order chi connectivity index (χ1) is 25.3. The maximum absolute atomic E-state index is 6.36. The zero-order chi connectivity index (χ0) is 33.5. The largest absolute Gasteiger partial charge is 0.438 e. The Morgan fingerprint density at radius 1 is 0.412 bits per heavy atom. The van der Waals surface area contributed by atoms with E-state index in [-0.39, 0.29) is 0 Å². The molecular weight excluding hydrogens is 625 g/mol. The van der Waals surface area contributed by atoms with Crippen LogP contribution in [0.15, 0.2) is 174 Å². The van der Waals surface area contributed by atoms with E-state index >= 15 is 0 Å². The summed E-state index contributed by atoms with van der Waals surface area (Å²) in [6, 6.07) is 59.6. The summed E-state index contributed by atoms with van der Waals surface area (Å²) in [5, 5.41) is 6.80. The normalized spacial score (nSPS) is 11.9. The number of benzene rings is 7. The van der Waals surface area contributed by atoms with Crippen LogP contribution in [0.2, 0.25) is 0 Å². The summed E-state index contributed by atoms with van der Waals surface area (Å²) in [6.45, 7) is 0. The second-order valence-electron chi connectivity index (χ2n) is 13.0. The number of nitrogens with zero attached hydrogens (tertiary/aromatic N) is 4. The lowest BCUT2D eigenvalue weighted by molar-refractivity contribution is 0.653. The third kappa shape index (κ3) is 4.09. The van der Waals surface area contributed by atoms with Crippen LogP contribution in [0.3, 0.4) is 0 Å². The molecule has 0 aliphatic heterocycles. The van der Waals surface area contributed by atoms with Crippen LogP contribution >= 0.6 is 0 Å². The smallest absolute Gasteiger partial charge is 0.231 e. The predicted molar refractivity (Wildman–Crippen MR) is 209 cm³/mol.